The Kier molecular flexibility index (Phi) is 5.84. The minimum Gasteiger partial charge on any atom is -0.496 e. The van der Waals surface area contributed by atoms with E-state index in [4.69, 9.17) is 14.0 Å². The Balaban J connectivity index is 1.44. The van der Waals surface area contributed by atoms with Crippen LogP contribution in [0.3, 0.4) is 0 Å². The number of pyridine rings is 1. The summed E-state index contributed by atoms with van der Waals surface area (Å²) >= 11 is 0. The van der Waals surface area contributed by atoms with Crippen LogP contribution in [0.25, 0.3) is 10.8 Å². The van der Waals surface area contributed by atoms with E-state index in [1.807, 2.05) is 49.4 Å². The Morgan fingerprint density at radius 3 is 2.58 bits per heavy atom. The van der Waals surface area contributed by atoms with Crippen molar-refractivity contribution in [2.75, 3.05) is 14.2 Å². The van der Waals surface area contributed by atoms with Crippen LogP contribution in [0.5, 0.6) is 11.5 Å². The number of amides is 1. The lowest BCUT2D eigenvalue weighted by Crippen LogP contribution is -2.26. The van der Waals surface area contributed by atoms with E-state index in [0.717, 1.165) is 27.6 Å². The number of benzene rings is 2. The highest BCUT2D eigenvalue weighted by atomic mass is 16.5. The highest BCUT2D eigenvalue weighted by molar-refractivity contribution is 5.93. The number of rotatable bonds is 7. The van der Waals surface area contributed by atoms with Gasteiger partial charge in [0.25, 0.3) is 5.91 Å². The van der Waals surface area contributed by atoms with E-state index in [1.165, 1.54) is 0 Å². The van der Waals surface area contributed by atoms with E-state index in [-0.39, 0.29) is 18.2 Å². The number of fused-ring (bicyclic) bond motifs is 1. The largest absolute Gasteiger partial charge is 0.496 e. The number of aromatic nitrogens is 2. The number of aryl methyl sites for hydroxylation is 1. The number of nitrogens with zero attached hydrogens (tertiary/aromatic N) is 3. The molecule has 2 aromatic heterocycles. The maximum absolute atomic E-state index is 12.7. The molecule has 158 valence electrons. The van der Waals surface area contributed by atoms with Gasteiger partial charge in [-0.25, -0.2) is 0 Å². The normalized spacial score (nSPS) is 10.8. The molecule has 0 N–H and O–H groups in total. The van der Waals surface area contributed by atoms with Gasteiger partial charge in [-0.15, -0.1) is 0 Å². The molecule has 1 amide bonds. The Hall–Kier alpha value is -3.87. The van der Waals surface area contributed by atoms with Crippen LogP contribution in [0.1, 0.15) is 27.4 Å². The Morgan fingerprint density at radius 1 is 1.10 bits per heavy atom. The van der Waals surface area contributed by atoms with E-state index in [0.29, 0.717) is 18.1 Å². The van der Waals surface area contributed by atoms with Gasteiger partial charge in [-0.3, -0.25) is 9.78 Å². The van der Waals surface area contributed by atoms with Crippen LogP contribution >= 0.6 is 0 Å². The summed E-state index contributed by atoms with van der Waals surface area (Å²) in [6.45, 7) is 2.59. The van der Waals surface area contributed by atoms with Crippen molar-refractivity contribution in [1.29, 1.82) is 0 Å². The van der Waals surface area contributed by atoms with Gasteiger partial charge in [0.1, 0.15) is 18.1 Å². The molecular weight excluding hydrogens is 394 g/mol. The summed E-state index contributed by atoms with van der Waals surface area (Å²) in [4.78, 5) is 18.4. The van der Waals surface area contributed by atoms with Crippen LogP contribution in [0.15, 0.2) is 65.4 Å². The summed E-state index contributed by atoms with van der Waals surface area (Å²) < 4.78 is 16.7. The van der Waals surface area contributed by atoms with Crippen LogP contribution in [-0.4, -0.2) is 35.1 Å². The topological polar surface area (TPSA) is 77.7 Å². The van der Waals surface area contributed by atoms with Gasteiger partial charge >= 0.3 is 0 Å². The molecule has 0 radical (unpaired) electrons. The highest BCUT2D eigenvalue weighted by Crippen LogP contribution is 2.33. The zero-order valence-corrected chi connectivity index (χ0v) is 17.7. The van der Waals surface area contributed by atoms with Crippen molar-refractivity contribution >= 4 is 16.7 Å². The van der Waals surface area contributed by atoms with Gasteiger partial charge in [0.05, 0.1) is 7.11 Å². The van der Waals surface area contributed by atoms with E-state index >= 15 is 0 Å². The predicted octanol–water partition coefficient (Wildman–Crippen LogP) is 4.39. The fraction of sp³-hybridized carbons (Fsp3) is 0.208. The monoisotopic (exact) mass is 417 g/mol. The van der Waals surface area contributed by atoms with Gasteiger partial charge in [0.2, 0.25) is 0 Å². The van der Waals surface area contributed by atoms with Crippen LogP contribution in [0, 0.1) is 6.92 Å². The Morgan fingerprint density at radius 2 is 1.84 bits per heavy atom. The molecule has 4 aromatic rings. The molecule has 0 unspecified atom stereocenters. The zero-order chi connectivity index (χ0) is 21.8. The van der Waals surface area contributed by atoms with E-state index < -0.39 is 0 Å². The van der Waals surface area contributed by atoms with Gasteiger partial charge in [0, 0.05) is 42.8 Å². The molecule has 2 aromatic carbocycles. The van der Waals surface area contributed by atoms with Crippen molar-refractivity contribution in [3.8, 4) is 11.5 Å². The Bertz CT molecular complexity index is 1220. The predicted molar refractivity (Wildman–Crippen MR) is 116 cm³/mol. The van der Waals surface area contributed by atoms with Gasteiger partial charge < -0.3 is 18.9 Å². The number of methoxy groups -OCH3 is 1. The minimum absolute atomic E-state index is 0.157. The van der Waals surface area contributed by atoms with Gasteiger partial charge in [-0.2, -0.15) is 0 Å². The van der Waals surface area contributed by atoms with Crippen molar-refractivity contribution < 1.29 is 18.8 Å². The molecule has 0 atom stereocenters. The molecule has 31 heavy (non-hydrogen) atoms. The third-order valence-corrected chi connectivity index (χ3v) is 5.10. The lowest BCUT2D eigenvalue weighted by molar-refractivity contribution is 0.0774. The number of hydrogen-bond acceptors (Lipinski definition) is 6. The molecule has 0 saturated heterocycles. The summed E-state index contributed by atoms with van der Waals surface area (Å²) in [5.41, 5.74) is 2.31. The first-order valence-corrected chi connectivity index (χ1v) is 9.86. The smallest absolute Gasteiger partial charge is 0.276 e. The van der Waals surface area contributed by atoms with Gasteiger partial charge in [0.15, 0.2) is 11.5 Å². The van der Waals surface area contributed by atoms with Crippen molar-refractivity contribution in [3.63, 3.8) is 0 Å². The van der Waals surface area contributed by atoms with E-state index in [9.17, 15) is 4.79 Å². The fourth-order valence-electron chi connectivity index (χ4n) is 3.38. The third kappa shape index (κ3) is 4.35. The summed E-state index contributed by atoms with van der Waals surface area (Å²) in [5, 5.41) is 5.82. The van der Waals surface area contributed by atoms with E-state index in [1.54, 1.807) is 37.5 Å². The van der Waals surface area contributed by atoms with Crippen LogP contribution in [0.4, 0.5) is 0 Å². The average molecular weight is 417 g/mol. The first-order chi connectivity index (χ1) is 15.1. The molecule has 0 saturated carbocycles. The maximum Gasteiger partial charge on any atom is 0.276 e. The number of carbonyl (C=O) groups is 1. The number of hydrogen-bond donors (Lipinski definition) is 0. The number of carbonyl (C=O) groups excluding carboxylic acids is 1. The molecule has 0 spiro atoms. The second-order valence-electron chi connectivity index (χ2n) is 7.24. The maximum atomic E-state index is 12.7. The second-order valence-corrected chi connectivity index (χ2v) is 7.24. The highest BCUT2D eigenvalue weighted by Gasteiger charge is 2.18. The van der Waals surface area contributed by atoms with Crippen LogP contribution < -0.4 is 9.47 Å². The average Bonchev–Trinajstić information content (AvgIpc) is 3.27. The fourth-order valence-corrected chi connectivity index (χ4v) is 3.38. The summed E-state index contributed by atoms with van der Waals surface area (Å²) in [5.74, 6) is 1.73. The Labute approximate surface area is 180 Å². The molecule has 2 heterocycles. The first kappa shape index (κ1) is 20.4. The van der Waals surface area contributed by atoms with Crippen molar-refractivity contribution in [1.82, 2.24) is 15.0 Å². The second kappa shape index (κ2) is 8.87. The molecule has 7 nitrogen and oxygen atoms in total. The molecule has 0 aliphatic carbocycles. The van der Waals surface area contributed by atoms with Gasteiger partial charge in [-0.1, -0.05) is 29.4 Å². The lowest BCUT2D eigenvalue weighted by Gasteiger charge is -2.16. The molecule has 4 rings (SSSR count). The molecule has 0 aliphatic rings. The van der Waals surface area contributed by atoms with Crippen molar-refractivity contribution in [2.45, 2.75) is 20.1 Å². The van der Waals surface area contributed by atoms with Crippen LogP contribution in [0.2, 0.25) is 0 Å². The number of ether oxygens (including phenoxy) is 2. The van der Waals surface area contributed by atoms with E-state index in [2.05, 4.69) is 10.1 Å². The molecule has 0 bridgehead atoms. The molecular formula is C24H23N3O4. The summed E-state index contributed by atoms with van der Waals surface area (Å²) in [6.07, 6.45) is 3.50. The van der Waals surface area contributed by atoms with Crippen molar-refractivity contribution in [3.05, 3.63) is 83.5 Å². The first-order valence-electron chi connectivity index (χ1n) is 9.86. The molecule has 0 aliphatic heterocycles. The zero-order valence-electron chi connectivity index (χ0n) is 17.7. The third-order valence-electron chi connectivity index (χ3n) is 5.10. The summed E-state index contributed by atoms with van der Waals surface area (Å²) in [6, 6.07) is 15.1. The minimum atomic E-state index is -0.221. The SMILES string of the molecule is COc1ccc(OCc2cc(C(=O)N(C)Cc3ccncc3C)no2)c2ccccc12. The van der Waals surface area contributed by atoms with Crippen LogP contribution in [-0.2, 0) is 13.2 Å². The lowest BCUT2D eigenvalue weighted by atomic mass is 10.1. The quantitative estimate of drug-likeness (QED) is 0.444. The summed E-state index contributed by atoms with van der Waals surface area (Å²) in [7, 11) is 3.37. The molecule has 0 fully saturated rings. The van der Waals surface area contributed by atoms with Gasteiger partial charge in [-0.05, 0) is 36.2 Å². The standard InChI is InChI=1S/C24H23N3O4/c1-16-13-25-11-10-17(16)14-27(2)24(28)21-12-18(31-26-21)15-30-23-9-8-22(29-3)19-6-4-5-7-20(19)23/h4-13H,14-15H2,1-3H3. The van der Waals surface area contributed by atoms with Crippen molar-refractivity contribution in [2.24, 2.45) is 0 Å². The molecule has 7 heteroatoms.